The van der Waals surface area contributed by atoms with Crippen LogP contribution >= 0.6 is 0 Å². The summed E-state index contributed by atoms with van der Waals surface area (Å²) in [5.74, 6) is 1.80. The summed E-state index contributed by atoms with van der Waals surface area (Å²) in [6.45, 7) is 6.52. The number of aryl methyl sites for hydroxylation is 1. The van der Waals surface area contributed by atoms with Gasteiger partial charge in [0.05, 0.1) is 0 Å². The zero-order valence-corrected chi connectivity index (χ0v) is 15.3. The van der Waals surface area contributed by atoms with Crippen molar-refractivity contribution < 1.29 is 14.3 Å². The summed E-state index contributed by atoms with van der Waals surface area (Å²) >= 11 is 0. The van der Waals surface area contributed by atoms with Crippen LogP contribution < -0.4 is 14.8 Å². The van der Waals surface area contributed by atoms with Crippen LogP contribution in [0.25, 0.3) is 0 Å². The molecule has 0 spiro atoms. The summed E-state index contributed by atoms with van der Waals surface area (Å²) in [5.41, 5.74) is 1.19. The molecule has 2 aliphatic heterocycles. The Bertz CT molecular complexity index is 570. The van der Waals surface area contributed by atoms with Crippen LogP contribution in [0.2, 0.25) is 0 Å². The Balaban J connectivity index is 1.35. The van der Waals surface area contributed by atoms with E-state index < -0.39 is 0 Å². The lowest BCUT2D eigenvalue weighted by Gasteiger charge is -2.32. The fraction of sp³-hybridized carbons (Fsp3) is 0.650. The molecule has 5 nitrogen and oxygen atoms in total. The first-order valence-corrected chi connectivity index (χ1v) is 9.61. The topological polar surface area (TPSA) is 50.8 Å². The molecule has 1 unspecified atom stereocenters. The number of fused-ring (bicyclic) bond motifs is 1. The Labute approximate surface area is 150 Å². The first-order valence-electron chi connectivity index (χ1n) is 9.61. The van der Waals surface area contributed by atoms with Crippen molar-refractivity contribution in [3.05, 3.63) is 23.8 Å². The monoisotopic (exact) mass is 346 g/mol. The van der Waals surface area contributed by atoms with Gasteiger partial charge in [0.25, 0.3) is 0 Å². The minimum absolute atomic E-state index is 0.154. The highest BCUT2D eigenvalue weighted by Gasteiger charge is 2.17. The maximum absolute atomic E-state index is 12.1. The Morgan fingerprint density at radius 3 is 2.72 bits per heavy atom. The molecule has 1 fully saturated rings. The van der Waals surface area contributed by atoms with Crippen LogP contribution in [0.5, 0.6) is 11.5 Å². The molecule has 2 heterocycles. The number of nitrogens with zero attached hydrogens (tertiary/aromatic N) is 1. The first kappa shape index (κ1) is 18.1. The van der Waals surface area contributed by atoms with E-state index in [4.69, 9.17) is 9.47 Å². The van der Waals surface area contributed by atoms with Gasteiger partial charge in [-0.1, -0.05) is 12.5 Å². The fourth-order valence-corrected chi connectivity index (χ4v) is 3.53. The van der Waals surface area contributed by atoms with Crippen LogP contribution in [0.4, 0.5) is 0 Å². The molecule has 2 aliphatic rings. The predicted octanol–water partition coefficient (Wildman–Crippen LogP) is 2.77. The highest BCUT2D eigenvalue weighted by molar-refractivity contribution is 5.75. The molecular weight excluding hydrogens is 316 g/mol. The van der Waals surface area contributed by atoms with E-state index in [0.717, 1.165) is 30.9 Å². The number of carbonyl (C=O) groups is 1. The number of carbonyl (C=O) groups excluding carboxylic acids is 1. The molecule has 0 radical (unpaired) electrons. The number of hydrogen-bond acceptors (Lipinski definition) is 4. The molecule has 1 N–H and O–H groups in total. The van der Waals surface area contributed by atoms with Crippen LogP contribution in [-0.4, -0.2) is 49.7 Å². The molecule has 138 valence electrons. The van der Waals surface area contributed by atoms with E-state index in [1.165, 1.54) is 37.9 Å². The van der Waals surface area contributed by atoms with Gasteiger partial charge in [-0.15, -0.1) is 0 Å². The number of rotatable bonds is 7. The Morgan fingerprint density at radius 1 is 1.16 bits per heavy atom. The molecule has 1 atom stereocenters. The maximum atomic E-state index is 12.1. The third-order valence-electron chi connectivity index (χ3n) is 5.08. The lowest BCUT2D eigenvalue weighted by molar-refractivity contribution is -0.121. The zero-order chi connectivity index (χ0) is 17.5. The normalized spacial score (nSPS) is 18.6. The molecule has 1 aromatic rings. The van der Waals surface area contributed by atoms with Gasteiger partial charge in [-0.05, 0) is 63.4 Å². The van der Waals surface area contributed by atoms with Crippen LogP contribution in [0.3, 0.4) is 0 Å². The van der Waals surface area contributed by atoms with Gasteiger partial charge in [-0.25, -0.2) is 0 Å². The second-order valence-electron chi connectivity index (χ2n) is 7.08. The van der Waals surface area contributed by atoms with Crippen molar-refractivity contribution in [3.63, 3.8) is 0 Å². The van der Waals surface area contributed by atoms with Gasteiger partial charge in [-0.3, -0.25) is 9.69 Å². The SMILES string of the molecule is CC(CNC(=O)CCCc1ccc2c(c1)OCCO2)N1CCCCC1. The van der Waals surface area contributed by atoms with Gasteiger partial charge in [0.15, 0.2) is 11.5 Å². The van der Waals surface area contributed by atoms with Crippen LogP contribution in [0.1, 0.15) is 44.6 Å². The molecule has 1 aromatic carbocycles. The van der Waals surface area contributed by atoms with Crippen LogP contribution in [-0.2, 0) is 11.2 Å². The van der Waals surface area contributed by atoms with E-state index in [9.17, 15) is 4.79 Å². The Kier molecular flexibility index (Phi) is 6.56. The first-order chi connectivity index (χ1) is 12.2. The van der Waals surface area contributed by atoms with Crippen molar-refractivity contribution in [3.8, 4) is 11.5 Å². The van der Waals surface area contributed by atoms with Crippen LogP contribution in [0.15, 0.2) is 18.2 Å². The molecule has 0 saturated carbocycles. The lowest BCUT2D eigenvalue weighted by Crippen LogP contribution is -2.44. The summed E-state index contributed by atoms with van der Waals surface area (Å²) in [5, 5.41) is 3.09. The van der Waals surface area contributed by atoms with E-state index in [2.05, 4.69) is 23.2 Å². The number of likely N-dealkylation sites (tertiary alicyclic amines) is 1. The smallest absolute Gasteiger partial charge is 0.220 e. The lowest BCUT2D eigenvalue weighted by atomic mass is 10.1. The molecule has 25 heavy (non-hydrogen) atoms. The molecule has 1 saturated heterocycles. The number of hydrogen-bond donors (Lipinski definition) is 1. The standard InChI is InChI=1S/C20H30N2O3/c1-16(22-10-3-2-4-11-22)15-21-20(23)7-5-6-17-8-9-18-19(14-17)25-13-12-24-18/h8-9,14,16H,2-7,10-13,15H2,1H3,(H,21,23). The minimum atomic E-state index is 0.154. The molecule has 0 aliphatic carbocycles. The second-order valence-corrected chi connectivity index (χ2v) is 7.08. The second kappa shape index (κ2) is 9.09. The van der Waals surface area contributed by atoms with Crippen molar-refractivity contribution in [1.82, 2.24) is 10.2 Å². The highest BCUT2D eigenvalue weighted by atomic mass is 16.6. The van der Waals surface area contributed by atoms with E-state index >= 15 is 0 Å². The summed E-state index contributed by atoms with van der Waals surface area (Å²) in [6.07, 6.45) is 6.22. The summed E-state index contributed by atoms with van der Waals surface area (Å²) in [6, 6.07) is 6.49. The number of ether oxygens (including phenoxy) is 2. The third-order valence-corrected chi connectivity index (χ3v) is 5.08. The molecule has 5 heteroatoms. The van der Waals surface area contributed by atoms with Crippen molar-refractivity contribution >= 4 is 5.91 Å². The Morgan fingerprint density at radius 2 is 1.92 bits per heavy atom. The molecule has 0 aromatic heterocycles. The number of nitrogens with one attached hydrogen (secondary N) is 1. The van der Waals surface area contributed by atoms with Gasteiger partial charge in [0.1, 0.15) is 13.2 Å². The average molecular weight is 346 g/mol. The van der Waals surface area contributed by atoms with Gasteiger partial charge in [-0.2, -0.15) is 0 Å². The molecule has 0 bridgehead atoms. The summed E-state index contributed by atoms with van der Waals surface area (Å²) in [4.78, 5) is 14.6. The van der Waals surface area contributed by atoms with E-state index in [-0.39, 0.29) is 5.91 Å². The van der Waals surface area contributed by atoms with Gasteiger partial charge in [0, 0.05) is 19.0 Å². The van der Waals surface area contributed by atoms with E-state index in [0.29, 0.717) is 25.7 Å². The predicted molar refractivity (Wildman–Crippen MR) is 98.3 cm³/mol. The quantitative estimate of drug-likeness (QED) is 0.825. The largest absolute Gasteiger partial charge is 0.486 e. The third kappa shape index (κ3) is 5.36. The molecular formula is C20H30N2O3. The van der Waals surface area contributed by atoms with Crippen LogP contribution in [0, 0.1) is 0 Å². The summed E-state index contributed by atoms with van der Waals surface area (Å²) < 4.78 is 11.1. The maximum Gasteiger partial charge on any atom is 0.220 e. The molecule has 1 amide bonds. The van der Waals surface area contributed by atoms with Crippen molar-refractivity contribution in [2.75, 3.05) is 32.8 Å². The van der Waals surface area contributed by atoms with Gasteiger partial charge < -0.3 is 14.8 Å². The molecule has 3 rings (SSSR count). The van der Waals surface area contributed by atoms with Crippen molar-refractivity contribution in [2.24, 2.45) is 0 Å². The number of benzene rings is 1. The zero-order valence-electron chi connectivity index (χ0n) is 15.3. The highest BCUT2D eigenvalue weighted by Crippen LogP contribution is 2.31. The fourth-order valence-electron chi connectivity index (χ4n) is 3.53. The Hall–Kier alpha value is -1.75. The van der Waals surface area contributed by atoms with Gasteiger partial charge >= 0.3 is 0 Å². The summed E-state index contributed by atoms with van der Waals surface area (Å²) in [7, 11) is 0. The number of amides is 1. The number of piperidine rings is 1. The van der Waals surface area contributed by atoms with Crippen molar-refractivity contribution in [2.45, 2.75) is 51.5 Å². The van der Waals surface area contributed by atoms with Crippen molar-refractivity contribution in [1.29, 1.82) is 0 Å². The minimum Gasteiger partial charge on any atom is -0.486 e. The average Bonchev–Trinajstić information content (AvgIpc) is 2.66. The van der Waals surface area contributed by atoms with Gasteiger partial charge in [0.2, 0.25) is 5.91 Å². The van der Waals surface area contributed by atoms with E-state index in [1.54, 1.807) is 0 Å². The van der Waals surface area contributed by atoms with E-state index in [1.807, 2.05) is 12.1 Å².